The van der Waals surface area contributed by atoms with Gasteiger partial charge in [-0.15, -0.1) is 0 Å². The van der Waals surface area contributed by atoms with Crippen molar-refractivity contribution in [1.82, 2.24) is 5.43 Å². The summed E-state index contributed by atoms with van der Waals surface area (Å²) in [6.45, 7) is 1.79. The summed E-state index contributed by atoms with van der Waals surface area (Å²) in [6.07, 6.45) is 1.45. The molecule has 3 aromatic carbocycles. The Labute approximate surface area is 179 Å². The first-order chi connectivity index (χ1) is 14.5. The lowest BCUT2D eigenvalue weighted by atomic mass is 10.2. The molecule has 1 amide bonds. The van der Waals surface area contributed by atoms with Crippen LogP contribution in [0.2, 0.25) is 5.02 Å². The van der Waals surface area contributed by atoms with Crippen LogP contribution in [0.25, 0.3) is 0 Å². The van der Waals surface area contributed by atoms with E-state index >= 15 is 0 Å². The first-order valence-corrected chi connectivity index (χ1v) is 9.46. The maximum Gasteiger partial charge on any atom is 0.343 e. The monoisotopic (exact) mass is 422 g/mol. The molecule has 0 aromatic heterocycles. The predicted octanol–water partition coefficient (Wildman–Crippen LogP) is 4.40. The van der Waals surface area contributed by atoms with Crippen LogP contribution < -0.4 is 14.9 Å². The zero-order valence-corrected chi connectivity index (χ0v) is 16.9. The van der Waals surface area contributed by atoms with Crippen molar-refractivity contribution in [1.29, 1.82) is 0 Å². The molecule has 0 aliphatic carbocycles. The van der Waals surface area contributed by atoms with E-state index in [2.05, 4.69) is 10.5 Å². The molecule has 0 aliphatic rings. The van der Waals surface area contributed by atoms with Gasteiger partial charge in [0, 0.05) is 5.02 Å². The molecule has 3 rings (SSSR count). The molecule has 0 fully saturated rings. The second-order valence-corrected chi connectivity index (χ2v) is 6.80. The summed E-state index contributed by atoms with van der Waals surface area (Å²) in [5, 5.41) is 4.44. The van der Waals surface area contributed by atoms with E-state index in [9.17, 15) is 9.59 Å². The van der Waals surface area contributed by atoms with Crippen LogP contribution in [0.4, 0.5) is 0 Å². The Morgan fingerprint density at radius 3 is 2.50 bits per heavy atom. The van der Waals surface area contributed by atoms with E-state index in [1.807, 2.05) is 25.1 Å². The first-order valence-electron chi connectivity index (χ1n) is 9.09. The Balaban J connectivity index is 1.51. The van der Waals surface area contributed by atoms with E-state index in [1.54, 1.807) is 54.6 Å². The topological polar surface area (TPSA) is 77.0 Å². The number of amides is 1. The molecule has 0 radical (unpaired) electrons. The van der Waals surface area contributed by atoms with Gasteiger partial charge in [-0.1, -0.05) is 35.9 Å². The van der Waals surface area contributed by atoms with Crippen molar-refractivity contribution in [3.63, 3.8) is 0 Å². The van der Waals surface area contributed by atoms with Crippen LogP contribution >= 0.6 is 11.6 Å². The maximum atomic E-state index is 12.2. The van der Waals surface area contributed by atoms with Crippen LogP contribution in [-0.2, 0) is 4.79 Å². The molecule has 6 nitrogen and oxygen atoms in total. The molecule has 0 saturated heterocycles. The van der Waals surface area contributed by atoms with Crippen LogP contribution in [0.5, 0.6) is 11.5 Å². The largest absolute Gasteiger partial charge is 0.484 e. The molecule has 152 valence electrons. The number of ether oxygens (including phenoxy) is 2. The molecule has 0 unspecified atom stereocenters. The smallest absolute Gasteiger partial charge is 0.343 e. The minimum Gasteiger partial charge on any atom is -0.484 e. The standard InChI is InChI=1S/C23H19ClN2O4/c1-16-4-2-6-20(12-16)29-15-22(27)26-25-14-17-5-3-7-21(13-17)30-23(28)18-8-10-19(24)11-9-18/h2-14H,15H2,1H3,(H,26,27)/b25-14-. The van der Waals surface area contributed by atoms with Crippen molar-refractivity contribution in [3.8, 4) is 11.5 Å². The lowest BCUT2D eigenvalue weighted by molar-refractivity contribution is -0.123. The molecule has 0 aliphatic heterocycles. The number of rotatable bonds is 7. The zero-order chi connectivity index (χ0) is 21.3. The number of hydrogen-bond donors (Lipinski definition) is 1. The lowest BCUT2D eigenvalue weighted by Crippen LogP contribution is -2.24. The predicted molar refractivity (Wildman–Crippen MR) is 115 cm³/mol. The van der Waals surface area contributed by atoms with Crippen molar-refractivity contribution in [2.75, 3.05) is 6.61 Å². The van der Waals surface area contributed by atoms with Crippen LogP contribution in [0.1, 0.15) is 21.5 Å². The summed E-state index contributed by atoms with van der Waals surface area (Å²) in [6, 6.07) is 20.6. The lowest BCUT2D eigenvalue weighted by Gasteiger charge is -2.06. The number of hydrogen-bond acceptors (Lipinski definition) is 5. The number of carbonyl (C=O) groups is 2. The van der Waals surface area contributed by atoms with Gasteiger partial charge in [-0.2, -0.15) is 5.10 Å². The maximum absolute atomic E-state index is 12.2. The fourth-order valence-electron chi connectivity index (χ4n) is 2.48. The van der Waals surface area contributed by atoms with E-state index in [4.69, 9.17) is 21.1 Å². The van der Waals surface area contributed by atoms with E-state index in [0.717, 1.165) is 5.56 Å². The number of hydrazone groups is 1. The quantitative estimate of drug-likeness (QED) is 0.265. The second kappa shape index (κ2) is 10.2. The van der Waals surface area contributed by atoms with E-state index in [0.29, 0.717) is 27.6 Å². The summed E-state index contributed by atoms with van der Waals surface area (Å²) in [5.41, 5.74) is 4.47. The Morgan fingerprint density at radius 2 is 1.73 bits per heavy atom. The Bertz CT molecular complexity index is 1060. The van der Waals surface area contributed by atoms with Gasteiger partial charge in [0.1, 0.15) is 11.5 Å². The molecule has 0 spiro atoms. The van der Waals surface area contributed by atoms with E-state index in [-0.39, 0.29) is 6.61 Å². The molecule has 0 bridgehead atoms. The number of benzene rings is 3. The number of nitrogens with zero attached hydrogens (tertiary/aromatic N) is 1. The van der Waals surface area contributed by atoms with Crippen molar-refractivity contribution in [2.24, 2.45) is 5.10 Å². The normalized spacial score (nSPS) is 10.6. The molecule has 0 atom stereocenters. The van der Waals surface area contributed by atoms with Gasteiger partial charge in [-0.25, -0.2) is 10.2 Å². The van der Waals surface area contributed by atoms with Gasteiger partial charge in [-0.3, -0.25) is 4.79 Å². The summed E-state index contributed by atoms with van der Waals surface area (Å²) in [4.78, 5) is 24.0. The molecule has 1 N–H and O–H groups in total. The summed E-state index contributed by atoms with van der Waals surface area (Å²) < 4.78 is 10.8. The van der Waals surface area contributed by atoms with Gasteiger partial charge < -0.3 is 9.47 Å². The van der Waals surface area contributed by atoms with Crippen LogP contribution in [0.15, 0.2) is 77.9 Å². The van der Waals surface area contributed by atoms with Gasteiger partial charge in [0.25, 0.3) is 5.91 Å². The van der Waals surface area contributed by atoms with Crippen LogP contribution in [0, 0.1) is 6.92 Å². The van der Waals surface area contributed by atoms with E-state index in [1.165, 1.54) is 6.21 Å². The van der Waals surface area contributed by atoms with Gasteiger partial charge >= 0.3 is 5.97 Å². The number of carbonyl (C=O) groups excluding carboxylic acids is 2. The second-order valence-electron chi connectivity index (χ2n) is 6.37. The molecular formula is C23H19ClN2O4. The first kappa shape index (κ1) is 21.1. The van der Waals surface area contributed by atoms with Gasteiger partial charge in [-0.05, 0) is 66.6 Å². The summed E-state index contributed by atoms with van der Waals surface area (Å²) >= 11 is 5.82. The zero-order valence-electron chi connectivity index (χ0n) is 16.2. The Kier molecular flexibility index (Phi) is 7.19. The van der Waals surface area contributed by atoms with Gasteiger partial charge in [0.2, 0.25) is 0 Å². The third-order valence-electron chi connectivity index (χ3n) is 3.91. The molecule has 7 heteroatoms. The molecule has 30 heavy (non-hydrogen) atoms. The number of nitrogens with one attached hydrogen (secondary N) is 1. The summed E-state index contributed by atoms with van der Waals surface area (Å²) in [7, 11) is 0. The fraction of sp³-hybridized carbons (Fsp3) is 0.0870. The number of aryl methyl sites for hydroxylation is 1. The third-order valence-corrected chi connectivity index (χ3v) is 4.16. The molecule has 3 aromatic rings. The molecular weight excluding hydrogens is 404 g/mol. The highest BCUT2D eigenvalue weighted by Gasteiger charge is 2.08. The number of esters is 1. The highest BCUT2D eigenvalue weighted by molar-refractivity contribution is 6.30. The van der Waals surface area contributed by atoms with E-state index < -0.39 is 11.9 Å². The highest BCUT2D eigenvalue weighted by atomic mass is 35.5. The minimum absolute atomic E-state index is 0.153. The Morgan fingerprint density at radius 1 is 1.00 bits per heavy atom. The fourth-order valence-corrected chi connectivity index (χ4v) is 2.60. The third kappa shape index (κ3) is 6.46. The van der Waals surface area contributed by atoms with Crippen LogP contribution in [-0.4, -0.2) is 24.7 Å². The average Bonchev–Trinajstić information content (AvgIpc) is 2.73. The number of halogens is 1. The highest BCUT2D eigenvalue weighted by Crippen LogP contribution is 2.16. The van der Waals surface area contributed by atoms with Gasteiger partial charge in [0.05, 0.1) is 11.8 Å². The minimum atomic E-state index is -0.498. The van der Waals surface area contributed by atoms with Crippen LogP contribution in [0.3, 0.4) is 0 Å². The molecule has 0 heterocycles. The Hall–Kier alpha value is -3.64. The van der Waals surface area contributed by atoms with Crippen molar-refractivity contribution in [3.05, 3.63) is 94.5 Å². The molecule has 0 saturated carbocycles. The van der Waals surface area contributed by atoms with Crippen molar-refractivity contribution in [2.45, 2.75) is 6.92 Å². The van der Waals surface area contributed by atoms with Crippen molar-refractivity contribution < 1.29 is 19.1 Å². The SMILES string of the molecule is Cc1cccc(OCC(=O)N/N=C\c2cccc(OC(=O)c3ccc(Cl)cc3)c2)c1. The average molecular weight is 423 g/mol. The summed E-state index contributed by atoms with van der Waals surface area (Å²) in [5.74, 6) is 0.0813. The van der Waals surface area contributed by atoms with Gasteiger partial charge in [0.15, 0.2) is 6.61 Å². The van der Waals surface area contributed by atoms with Crippen molar-refractivity contribution >= 4 is 29.7 Å².